The molecule has 1 aliphatic carbocycles. The van der Waals surface area contributed by atoms with Crippen LogP contribution in [0.25, 0.3) is 0 Å². The zero-order chi connectivity index (χ0) is 11.4. The van der Waals surface area contributed by atoms with E-state index in [9.17, 15) is 0 Å². The Hall–Kier alpha value is -0.250. The third kappa shape index (κ3) is 3.12. The average Bonchev–Trinajstić information content (AvgIpc) is 2.32. The normalized spacial score (nSPS) is 25.4. The lowest BCUT2D eigenvalue weighted by Gasteiger charge is -2.30. The van der Waals surface area contributed by atoms with Crippen molar-refractivity contribution in [1.29, 1.82) is 0 Å². The molecular weight excluding hydrogens is 309 g/mol. The topological polar surface area (TPSA) is 12.0 Å². The molecule has 1 nitrogen and oxygen atoms in total. The molecule has 2 heteroatoms. The van der Waals surface area contributed by atoms with Crippen molar-refractivity contribution in [2.24, 2.45) is 5.92 Å². The number of para-hydroxylation sites is 1. The number of hydrogen-bond donors (Lipinski definition) is 1. The average molecular weight is 329 g/mol. The summed E-state index contributed by atoms with van der Waals surface area (Å²) in [6.45, 7) is 2.32. The van der Waals surface area contributed by atoms with Crippen LogP contribution in [0.5, 0.6) is 0 Å². The van der Waals surface area contributed by atoms with Crippen molar-refractivity contribution in [2.45, 2.75) is 45.1 Å². The highest BCUT2D eigenvalue weighted by Crippen LogP contribution is 2.29. The van der Waals surface area contributed by atoms with Crippen LogP contribution in [0.2, 0.25) is 0 Å². The molecule has 1 fully saturated rings. The molecule has 0 amide bonds. The van der Waals surface area contributed by atoms with E-state index in [0.717, 1.165) is 5.92 Å². The van der Waals surface area contributed by atoms with Gasteiger partial charge in [-0.05, 0) is 53.5 Å². The third-order valence-corrected chi connectivity index (χ3v) is 4.53. The summed E-state index contributed by atoms with van der Waals surface area (Å²) < 4.78 is 1.33. The molecule has 2 unspecified atom stereocenters. The molecule has 1 aromatic carbocycles. The molecule has 1 N–H and O–H groups in total. The zero-order valence-electron chi connectivity index (χ0n) is 9.88. The lowest BCUT2D eigenvalue weighted by molar-refractivity contribution is 0.327. The molecule has 2 rings (SSSR count). The quantitative estimate of drug-likeness (QED) is 0.795. The van der Waals surface area contributed by atoms with E-state index in [-0.39, 0.29) is 0 Å². The molecule has 0 heterocycles. The molecule has 0 radical (unpaired) electrons. The molecule has 88 valence electrons. The summed E-state index contributed by atoms with van der Waals surface area (Å²) in [6.07, 6.45) is 6.84. The predicted molar refractivity (Wildman–Crippen MR) is 78.8 cm³/mol. The first-order chi connectivity index (χ1) is 7.79. The van der Waals surface area contributed by atoms with E-state index >= 15 is 0 Å². The summed E-state index contributed by atoms with van der Waals surface area (Å²) in [6, 6.07) is 9.27. The number of benzene rings is 1. The van der Waals surface area contributed by atoms with E-state index in [1.807, 2.05) is 0 Å². The Bertz CT molecular complexity index is 337. The molecule has 1 aromatic rings. The molecule has 2 atom stereocenters. The van der Waals surface area contributed by atoms with E-state index in [0.29, 0.717) is 6.04 Å². The van der Waals surface area contributed by atoms with E-state index in [4.69, 9.17) is 0 Å². The van der Waals surface area contributed by atoms with Crippen LogP contribution in [0, 0.1) is 9.49 Å². The van der Waals surface area contributed by atoms with Crippen molar-refractivity contribution in [3.05, 3.63) is 27.8 Å². The van der Waals surface area contributed by atoms with Gasteiger partial charge >= 0.3 is 0 Å². The molecule has 0 aliphatic heterocycles. The maximum absolute atomic E-state index is 3.71. The van der Waals surface area contributed by atoms with Gasteiger partial charge in [0.2, 0.25) is 0 Å². The monoisotopic (exact) mass is 329 g/mol. The van der Waals surface area contributed by atoms with Crippen molar-refractivity contribution in [2.75, 3.05) is 5.32 Å². The largest absolute Gasteiger partial charge is 0.381 e. The summed E-state index contributed by atoms with van der Waals surface area (Å²) in [5.41, 5.74) is 1.31. The lowest BCUT2D eigenvalue weighted by atomic mass is 9.84. The molecule has 0 bridgehead atoms. The summed E-state index contributed by atoms with van der Waals surface area (Å²) in [5.74, 6) is 0.938. The Labute approximate surface area is 112 Å². The summed E-state index contributed by atoms with van der Waals surface area (Å²) in [7, 11) is 0. The van der Waals surface area contributed by atoms with E-state index < -0.39 is 0 Å². The van der Waals surface area contributed by atoms with Crippen LogP contribution in [0.3, 0.4) is 0 Å². The number of hydrogen-bond acceptors (Lipinski definition) is 1. The van der Waals surface area contributed by atoms with Crippen molar-refractivity contribution < 1.29 is 0 Å². The van der Waals surface area contributed by atoms with Crippen LogP contribution in [0.1, 0.15) is 39.0 Å². The van der Waals surface area contributed by atoms with Crippen LogP contribution >= 0.6 is 22.6 Å². The van der Waals surface area contributed by atoms with E-state index in [2.05, 4.69) is 59.1 Å². The SMILES string of the molecule is CCC1CCCC(Nc2ccccc2I)C1. The van der Waals surface area contributed by atoms with Crippen LogP contribution in [0.4, 0.5) is 5.69 Å². The van der Waals surface area contributed by atoms with Gasteiger partial charge in [0.05, 0.1) is 0 Å². The fourth-order valence-electron chi connectivity index (χ4n) is 2.59. The Morgan fingerprint density at radius 3 is 2.88 bits per heavy atom. The maximum atomic E-state index is 3.71. The zero-order valence-corrected chi connectivity index (χ0v) is 12.0. The minimum absolute atomic E-state index is 0.689. The predicted octanol–water partition coefficient (Wildman–Crippen LogP) is 4.67. The van der Waals surface area contributed by atoms with Gasteiger partial charge in [0.25, 0.3) is 0 Å². The summed E-state index contributed by atoms with van der Waals surface area (Å²) in [4.78, 5) is 0. The molecule has 0 aromatic heterocycles. The number of rotatable bonds is 3. The van der Waals surface area contributed by atoms with E-state index in [1.54, 1.807) is 0 Å². The number of nitrogens with one attached hydrogen (secondary N) is 1. The third-order valence-electron chi connectivity index (χ3n) is 3.59. The fraction of sp³-hybridized carbons (Fsp3) is 0.571. The van der Waals surface area contributed by atoms with Gasteiger partial charge in [0.1, 0.15) is 0 Å². The second-order valence-corrected chi connectivity index (χ2v) is 5.92. The van der Waals surface area contributed by atoms with Gasteiger partial charge in [-0.15, -0.1) is 0 Å². The van der Waals surface area contributed by atoms with Gasteiger partial charge in [-0.1, -0.05) is 38.3 Å². The van der Waals surface area contributed by atoms with Crippen LogP contribution in [-0.4, -0.2) is 6.04 Å². The van der Waals surface area contributed by atoms with Crippen molar-refractivity contribution in [3.8, 4) is 0 Å². The van der Waals surface area contributed by atoms with E-state index in [1.165, 1.54) is 41.4 Å². The molecule has 0 saturated heterocycles. The molecular formula is C14H20IN. The van der Waals surface area contributed by atoms with Crippen LogP contribution < -0.4 is 5.32 Å². The molecule has 0 spiro atoms. The van der Waals surface area contributed by atoms with Gasteiger partial charge in [-0.25, -0.2) is 0 Å². The second kappa shape index (κ2) is 5.89. The minimum atomic E-state index is 0.689. The molecule has 1 saturated carbocycles. The Balaban J connectivity index is 1.97. The summed E-state index contributed by atoms with van der Waals surface area (Å²) >= 11 is 2.41. The Morgan fingerprint density at radius 1 is 1.31 bits per heavy atom. The van der Waals surface area contributed by atoms with Crippen molar-refractivity contribution in [3.63, 3.8) is 0 Å². The Morgan fingerprint density at radius 2 is 2.12 bits per heavy atom. The minimum Gasteiger partial charge on any atom is -0.381 e. The van der Waals surface area contributed by atoms with Gasteiger partial charge < -0.3 is 5.32 Å². The Kier molecular flexibility index (Phi) is 4.50. The highest BCUT2D eigenvalue weighted by Gasteiger charge is 2.20. The van der Waals surface area contributed by atoms with Crippen molar-refractivity contribution in [1.82, 2.24) is 0 Å². The first kappa shape index (κ1) is 12.2. The van der Waals surface area contributed by atoms with Crippen LogP contribution in [0.15, 0.2) is 24.3 Å². The van der Waals surface area contributed by atoms with Gasteiger partial charge in [-0.2, -0.15) is 0 Å². The maximum Gasteiger partial charge on any atom is 0.0478 e. The fourth-order valence-corrected chi connectivity index (χ4v) is 3.13. The lowest BCUT2D eigenvalue weighted by Crippen LogP contribution is -2.27. The molecule has 16 heavy (non-hydrogen) atoms. The number of anilines is 1. The first-order valence-electron chi connectivity index (χ1n) is 6.30. The number of halogens is 1. The van der Waals surface area contributed by atoms with Crippen molar-refractivity contribution >= 4 is 28.3 Å². The molecule has 1 aliphatic rings. The van der Waals surface area contributed by atoms with Gasteiger partial charge in [-0.3, -0.25) is 0 Å². The second-order valence-electron chi connectivity index (χ2n) is 4.76. The highest BCUT2D eigenvalue weighted by molar-refractivity contribution is 14.1. The highest BCUT2D eigenvalue weighted by atomic mass is 127. The van der Waals surface area contributed by atoms with Gasteiger partial charge in [0, 0.05) is 15.3 Å². The summed E-state index contributed by atoms with van der Waals surface area (Å²) in [5, 5.41) is 3.71. The first-order valence-corrected chi connectivity index (χ1v) is 7.38. The van der Waals surface area contributed by atoms with Crippen LogP contribution in [-0.2, 0) is 0 Å². The standard InChI is InChI=1S/C14H20IN/c1-2-11-6-5-7-12(10-11)16-14-9-4-3-8-13(14)15/h3-4,8-9,11-12,16H,2,5-7,10H2,1H3. The smallest absolute Gasteiger partial charge is 0.0478 e. The van der Waals surface area contributed by atoms with Gasteiger partial charge in [0.15, 0.2) is 0 Å².